The molecule has 0 radical (unpaired) electrons. The van der Waals surface area contributed by atoms with Crippen LogP contribution in [0.1, 0.15) is 28.3 Å². The van der Waals surface area contributed by atoms with E-state index in [4.69, 9.17) is 16.8 Å². The average molecular weight is 264 g/mol. The van der Waals surface area contributed by atoms with E-state index >= 15 is 0 Å². The molecule has 0 saturated carbocycles. The molecular formula is C13H10ClNOS. The Morgan fingerprint density at radius 3 is 2.71 bits per heavy atom. The number of nitrogens with zero attached hydrogens (tertiary/aromatic N) is 1. The third-order valence-corrected chi connectivity index (χ3v) is 4.35. The first-order chi connectivity index (χ1) is 8.29. The van der Waals surface area contributed by atoms with Crippen LogP contribution in [0.25, 0.3) is 0 Å². The summed E-state index contributed by atoms with van der Waals surface area (Å²) in [6.45, 7) is 0. The van der Waals surface area contributed by atoms with Crippen molar-refractivity contribution in [2.24, 2.45) is 5.16 Å². The number of hydrogen-bond donors (Lipinski definition) is 1. The van der Waals surface area contributed by atoms with Crippen molar-refractivity contribution in [2.75, 3.05) is 0 Å². The molecule has 3 rings (SSSR count). The molecule has 1 heterocycles. The van der Waals surface area contributed by atoms with Gasteiger partial charge >= 0.3 is 0 Å². The van der Waals surface area contributed by atoms with Gasteiger partial charge in [0.1, 0.15) is 0 Å². The zero-order valence-corrected chi connectivity index (χ0v) is 10.5. The molecule has 1 aromatic heterocycles. The van der Waals surface area contributed by atoms with Crippen LogP contribution in [-0.2, 0) is 0 Å². The SMILES string of the molecule is O/N=C1/CC(c2ccc(Cl)cc2)c2ccsc21. The van der Waals surface area contributed by atoms with Gasteiger partial charge in [-0.1, -0.05) is 28.9 Å². The molecule has 0 aliphatic heterocycles. The van der Waals surface area contributed by atoms with Gasteiger partial charge in [-0.3, -0.25) is 0 Å². The maximum Gasteiger partial charge on any atom is 0.0979 e. The molecular weight excluding hydrogens is 254 g/mol. The second kappa shape index (κ2) is 4.17. The van der Waals surface area contributed by atoms with Crippen LogP contribution < -0.4 is 0 Å². The highest BCUT2D eigenvalue weighted by Crippen LogP contribution is 2.41. The summed E-state index contributed by atoms with van der Waals surface area (Å²) in [6, 6.07) is 9.98. The normalized spacial score (nSPS) is 20.8. The lowest BCUT2D eigenvalue weighted by atomic mass is 9.94. The lowest BCUT2D eigenvalue weighted by Crippen LogP contribution is -1.97. The van der Waals surface area contributed by atoms with E-state index < -0.39 is 0 Å². The summed E-state index contributed by atoms with van der Waals surface area (Å²) in [6.07, 6.45) is 0.764. The van der Waals surface area contributed by atoms with Gasteiger partial charge in [-0.25, -0.2) is 0 Å². The standard InChI is InChI=1S/C13H10ClNOS/c14-9-3-1-8(2-4-9)11-7-12(15-16)13-10(11)5-6-17-13/h1-6,11,16H,7H2/b15-12-. The number of rotatable bonds is 1. The van der Waals surface area contributed by atoms with Crippen molar-refractivity contribution in [1.29, 1.82) is 0 Å². The second-order valence-corrected chi connectivity index (χ2v) is 5.41. The number of hydrogen-bond acceptors (Lipinski definition) is 3. The molecule has 1 aliphatic carbocycles. The van der Waals surface area contributed by atoms with Gasteiger partial charge in [0.05, 0.1) is 10.6 Å². The van der Waals surface area contributed by atoms with Gasteiger partial charge in [0.25, 0.3) is 0 Å². The minimum Gasteiger partial charge on any atom is -0.411 e. The van der Waals surface area contributed by atoms with Crippen molar-refractivity contribution < 1.29 is 5.21 Å². The van der Waals surface area contributed by atoms with Gasteiger partial charge in [-0.15, -0.1) is 11.3 Å². The van der Waals surface area contributed by atoms with Gasteiger partial charge in [0.2, 0.25) is 0 Å². The van der Waals surface area contributed by atoms with Gasteiger partial charge in [0, 0.05) is 17.4 Å². The highest BCUT2D eigenvalue weighted by Gasteiger charge is 2.30. The first-order valence-electron chi connectivity index (χ1n) is 5.33. The van der Waals surface area contributed by atoms with E-state index in [-0.39, 0.29) is 0 Å². The summed E-state index contributed by atoms with van der Waals surface area (Å²) in [4.78, 5) is 1.10. The van der Waals surface area contributed by atoms with E-state index in [1.54, 1.807) is 11.3 Å². The summed E-state index contributed by atoms with van der Waals surface area (Å²) in [7, 11) is 0. The van der Waals surface area contributed by atoms with Crippen molar-refractivity contribution in [3.63, 3.8) is 0 Å². The molecule has 2 aromatic rings. The number of benzene rings is 1. The Hall–Kier alpha value is -1.32. The summed E-state index contributed by atoms with van der Waals surface area (Å²) in [5.74, 6) is 0.291. The van der Waals surface area contributed by atoms with Crippen LogP contribution in [0.5, 0.6) is 0 Å². The summed E-state index contributed by atoms with van der Waals surface area (Å²) in [5.41, 5.74) is 3.26. The molecule has 17 heavy (non-hydrogen) atoms. The van der Waals surface area contributed by atoms with E-state index in [2.05, 4.69) is 11.2 Å². The molecule has 1 atom stereocenters. The molecule has 2 nitrogen and oxygen atoms in total. The fourth-order valence-corrected chi connectivity index (χ4v) is 3.39. The molecule has 0 bridgehead atoms. The molecule has 1 unspecified atom stereocenters. The number of oxime groups is 1. The topological polar surface area (TPSA) is 32.6 Å². The Kier molecular flexibility index (Phi) is 2.65. The zero-order valence-electron chi connectivity index (χ0n) is 8.93. The van der Waals surface area contributed by atoms with Crippen LogP contribution in [0.3, 0.4) is 0 Å². The smallest absolute Gasteiger partial charge is 0.0979 e. The molecule has 1 aliphatic rings. The lowest BCUT2D eigenvalue weighted by molar-refractivity contribution is 0.318. The summed E-state index contributed by atoms with van der Waals surface area (Å²) in [5, 5.41) is 15.2. The Morgan fingerprint density at radius 2 is 2.00 bits per heavy atom. The summed E-state index contributed by atoms with van der Waals surface area (Å²) >= 11 is 7.52. The fourth-order valence-electron chi connectivity index (χ4n) is 2.30. The molecule has 86 valence electrons. The van der Waals surface area contributed by atoms with Crippen molar-refractivity contribution in [1.82, 2.24) is 0 Å². The van der Waals surface area contributed by atoms with Crippen LogP contribution in [-0.4, -0.2) is 10.9 Å². The molecule has 0 saturated heterocycles. The monoisotopic (exact) mass is 263 g/mol. The quantitative estimate of drug-likeness (QED) is 0.609. The first-order valence-corrected chi connectivity index (χ1v) is 6.59. The predicted molar refractivity (Wildman–Crippen MR) is 70.6 cm³/mol. The third kappa shape index (κ3) is 1.75. The van der Waals surface area contributed by atoms with E-state index in [1.165, 1.54) is 11.1 Å². The highest BCUT2D eigenvalue weighted by molar-refractivity contribution is 7.12. The van der Waals surface area contributed by atoms with Crippen LogP contribution in [0.4, 0.5) is 0 Å². The van der Waals surface area contributed by atoms with Crippen molar-refractivity contribution >= 4 is 28.6 Å². The van der Waals surface area contributed by atoms with Crippen molar-refractivity contribution in [3.8, 4) is 0 Å². The predicted octanol–water partition coefficient (Wildman–Crippen LogP) is 4.12. The zero-order chi connectivity index (χ0) is 11.8. The molecule has 0 amide bonds. The number of thiophene rings is 1. The van der Waals surface area contributed by atoms with Crippen LogP contribution in [0.15, 0.2) is 40.9 Å². The van der Waals surface area contributed by atoms with E-state index in [9.17, 15) is 0 Å². The minimum absolute atomic E-state index is 0.291. The van der Waals surface area contributed by atoms with Crippen LogP contribution in [0.2, 0.25) is 5.02 Å². The van der Waals surface area contributed by atoms with Gasteiger partial charge in [-0.2, -0.15) is 0 Å². The van der Waals surface area contributed by atoms with E-state index in [0.29, 0.717) is 5.92 Å². The molecule has 0 spiro atoms. The Bertz CT molecular complexity index is 573. The number of fused-ring (bicyclic) bond motifs is 1. The van der Waals surface area contributed by atoms with E-state index in [1.807, 2.05) is 29.6 Å². The van der Waals surface area contributed by atoms with E-state index in [0.717, 1.165) is 22.0 Å². The maximum atomic E-state index is 9.01. The van der Waals surface area contributed by atoms with Crippen molar-refractivity contribution in [2.45, 2.75) is 12.3 Å². The van der Waals surface area contributed by atoms with Crippen LogP contribution >= 0.6 is 22.9 Å². The first kappa shape index (κ1) is 10.8. The summed E-state index contributed by atoms with van der Waals surface area (Å²) < 4.78 is 0. The second-order valence-electron chi connectivity index (χ2n) is 4.06. The molecule has 1 N–H and O–H groups in total. The minimum atomic E-state index is 0.291. The average Bonchev–Trinajstić information content (AvgIpc) is 2.91. The fraction of sp³-hybridized carbons (Fsp3) is 0.154. The van der Waals surface area contributed by atoms with Gasteiger partial charge in [-0.05, 0) is 34.7 Å². The van der Waals surface area contributed by atoms with Crippen molar-refractivity contribution in [3.05, 3.63) is 56.7 Å². The molecule has 1 aromatic carbocycles. The number of halogens is 1. The Morgan fingerprint density at radius 1 is 1.24 bits per heavy atom. The Labute approximate surface area is 108 Å². The largest absolute Gasteiger partial charge is 0.411 e. The maximum absolute atomic E-state index is 9.01. The van der Waals surface area contributed by atoms with Gasteiger partial charge < -0.3 is 5.21 Å². The van der Waals surface area contributed by atoms with Crippen LogP contribution in [0, 0.1) is 0 Å². The molecule has 0 fully saturated rings. The lowest BCUT2D eigenvalue weighted by Gasteiger charge is -2.09. The van der Waals surface area contributed by atoms with Gasteiger partial charge in [0.15, 0.2) is 0 Å². The third-order valence-electron chi connectivity index (χ3n) is 3.12. The Balaban J connectivity index is 2.05. The molecule has 4 heteroatoms. The highest BCUT2D eigenvalue weighted by atomic mass is 35.5.